The molecule has 6 heteroatoms. The lowest BCUT2D eigenvalue weighted by atomic mass is 10.2. The number of nitrogens with one attached hydrogen (secondary N) is 1. The molecule has 22 heavy (non-hydrogen) atoms. The number of nitrogens with zero attached hydrogens (tertiary/aromatic N) is 1. The Hall–Kier alpha value is -0.880. The number of hydrogen-bond donors (Lipinski definition) is 1. The number of hydrogen-bond acceptors (Lipinski definition) is 5. The molecule has 0 aliphatic heterocycles. The van der Waals surface area contributed by atoms with Crippen molar-refractivity contribution < 1.29 is 9.53 Å². The van der Waals surface area contributed by atoms with Gasteiger partial charge in [0, 0.05) is 18.5 Å². The molecule has 0 spiro atoms. The van der Waals surface area contributed by atoms with Crippen molar-refractivity contribution in [3.05, 3.63) is 24.4 Å². The summed E-state index contributed by atoms with van der Waals surface area (Å²) in [6.45, 7) is 10.4. The van der Waals surface area contributed by atoms with Crippen LogP contribution in [-0.2, 0) is 4.74 Å². The van der Waals surface area contributed by atoms with Crippen molar-refractivity contribution in [1.29, 1.82) is 0 Å². The normalized spacial score (nSPS) is 10.4. The predicted molar refractivity (Wildman–Crippen MR) is 97.4 cm³/mol. The third kappa shape index (κ3) is 14.1. The quantitative estimate of drug-likeness (QED) is 0.571. The van der Waals surface area contributed by atoms with Crippen LogP contribution in [-0.4, -0.2) is 29.0 Å². The molecule has 0 aliphatic rings. The van der Waals surface area contributed by atoms with Crippen LogP contribution in [0.4, 0.5) is 4.79 Å². The highest BCUT2D eigenvalue weighted by Gasteiger charge is 2.14. The van der Waals surface area contributed by atoms with Crippen molar-refractivity contribution in [3.63, 3.8) is 0 Å². The van der Waals surface area contributed by atoms with Crippen molar-refractivity contribution in [2.75, 3.05) is 12.3 Å². The van der Waals surface area contributed by atoms with Gasteiger partial charge in [-0.05, 0) is 56.5 Å². The maximum Gasteiger partial charge on any atom is 0.407 e. The van der Waals surface area contributed by atoms with Gasteiger partial charge in [-0.3, -0.25) is 0 Å². The first-order chi connectivity index (χ1) is 10.4. The van der Waals surface area contributed by atoms with Gasteiger partial charge in [0.2, 0.25) is 0 Å². The topological polar surface area (TPSA) is 51.2 Å². The van der Waals surface area contributed by atoms with Crippen LogP contribution in [0.3, 0.4) is 0 Å². The molecule has 1 rings (SSSR count). The van der Waals surface area contributed by atoms with Gasteiger partial charge in [-0.15, -0.1) is 0 Å². The van der Waals surface area contributed by atoms with E-state index in [4.69, 9.17) is 4.74 Å². The molecule has 0 fully saturated rings. The molecule has 0 aromatic carbocycles. The molecule has 0 saturated heterocycles. The highest BCUT2D eigenvalue weighted by molar-refractivity contribution is 8.76. The average molecular weight is 345 g/mol. The molecule has 1 N–H and O–H groups in total. The van der Waals surface area contributed by atoms with Crippen molar-refractivity contribution in [2.24, 2.45) is 0 Å². The SMILES string of the molecule is CCCNC(=O)OC(C)(C)C.CCCSSc1ccccn1. The highest BCUT2D eigenvalue weighted by Crippen LogP contribution is 2.28. The van der Waals surface area contributed by atoms with Crippen LogP contribution in [0.2, 0.25) is 0 Å². The van der Waals surface area contributed by atoms with E-state index >= 15 is 0 Å². The molecule has 0 radical (unpaired) electrons. The van der Waals surface area contributed by atoms with Crippen LogP contribution in [0, 0.1) is 0 Å². The van der Waals surface area contributed by atoms with Crippen LogP contribution < -0.4 is 5.32 Å². The Bertz CT molecular complexity index is 395. The van der Waals surface area contributed by atoms with Gasteiger partial charge in [0.25, 0.3) is 0 Å². The molecule has 1 aromatic rings. The monoisotopic (exact) mass is 344 g/mol. The van der Waals surface area contributed by atoms with Crippen molar-refractivity contribution in [2.45, 2.75) is 58.1 Å². The van der Waals surface area contributed by atoms with Crippen LogP contribution >= 0.6 is 21.6 Å². The summed E-state index contributed by atoms with van der Waals surface area (Å²) in [5, 5.41) is 3.73. The summed E-state index contributed by atoms with van der Waals surface area (Å²) >= 11 is 0. The van der Waals surface area contributed by atoms with E-state index in [-0.39, 0.29) is 6.09 Å². The van der Waals surface area contributed by atoms with Crippen molar-refractivity contribution in [3.8, 4) is 0 Å². The van der Waals surface area contributed by atoms with Crippen molar-refractivity contribution >= 4 is 27.7 Å². The zero-order valence-electron chi connectivity index (χ0n) is 14.2. The summed E-state index contributed by atoms with van der Waals surface area (Å²) in [4.78, 5) is 15.1. The Morgan fingerprint density at radius 3 is 2.50 bits per heavy atom. The Balaban J connectivity index is 0.000000401. The summed E-state index contributed by atoms with van der Waals surface area (Å²) in [5.74, 6) is 1.20. The van der Waals surface area contributed by atoms with Gasteiger partial charge in [0.1, 0.15) is 10.6 Å². The minimum absolute atomic E-state index is 0.334. The lowest BCUT2D eigenvalue weighted by Gasteiger charge is -2.19. The summed E-state index contributed by atoms with van der Waals surface area (Å²) in [6.07, 6.45) is 3.65. The van der Waals surface area contributed by atoms with E-state index in [1.807, 2.05) is 62.9 Å². The van der Waals surface area contributed by atoms with Gasteiger partial charge in [-0.25, -0.2) is 9.78 Å². The van der Waals surface area contributed by atoms with E-state index < -0.39 is 5.60 Å². The lowest BCUT2D eigenvalue weighted by Crippen LogP contribution is -2.32. The Kier molecular flexibility index (Phi) is 12.1. The Morgan fingerprint density at radius 2 is 2.00 bits per heavy atom. The highest BCUT2D eigenvalue weighted by atomic mass is 33.1. The second-order valence-electron chi connectivity index (χ2n) is 5.50. The van der Waals surface area contributed by atoms with Gasteiger partial charge in [-0.1, -0.05) is 30.7 Å². The Morgan fingerprint density at radius 1 is 1.27 bits per heavy atom. The van der Waals surface area contributed by atoms with Gasteiger partial charge < -0.3 is 10.1 Å². The molecule has 0 aliphatic carbocycles. The average Bonchev–Trinajstić information content (AvgIpc) is 2.45. The minimum atomic E-state index is -0.391. The fraction of sp³-hybridized carbons (Fsp3) is 0.625. The molecule has 0 bridgehead atoms. The van der Waals surface area contributed by atoms with Crippen molar-refractivity contribution in [1.82, 2.24) is 10.3 Å². The number of ether oxygens (including phenoxy) is 1. The summed E-state index contributed by atoms with van der Waals surface area (Å²) in [5.41, 5.74) is -0.391. The van der Waals surface area contributed by atoms with Crippen LogP contribution in [0.25, 0.3) is 0 Å². The first kappa shape index (κ1) is 21.1. The Labute approximate surface area is 142 Å². The first-order valence-electron chi connectivity index (χ1n) is 7.56. The van der Waals surface area contributed by atoms with Gasteiger partial charge in [0.05, 0.1) is 0 Å². The van der Waals surface area contributed by atoms with Crippen LogP contribution in [0.5, 0.6) is 0 Å². The number of pyridine rings is 1. The third-order valence-corrected chi connectivity index (χ3v) is 4.46. The second kappa shape index (κ2) is 12.6. The maximum absolute atomic E-state index is 10.9. The molecule has 1 aromatic heterocycles. The summed E-state index contributed by atoms with van der Waals surface area (Å²) in [6, 6.07) is 5.99. The fourth-order valence-corrected chi connectivity index (χ4v) is 3.14. The van der Waals surface area contributed by atoms with E-state index in [1.165, 1.54) is 12.2 Å². The molecule has 0 unspecified atom stereocenters. The molecule has 0 atom stereocenters. The lowest BCUT2D eigenvalue weighted by molar-refractivity contribution is 0.0528. The molecule has 126 valence electrons. The first-order valence-corrected chi connectivity index (χ1v) is 9.88. The van der Waals surface area contributed by atoms with E-state index in [1.54, 1.807) is 10.8 Å². The van der Waals surface area contributed by atoms with Gasteiger partial charge >= 0.3 is 6.09 Å². The summed E-state index contributed by atoms with van der Waals surface area (Å²) in [7, 11) is 3.61. The van der Waals surface area contributed by atoms with Gasteiger partial charge in [0.15, 0.2) is 0 Å². The number of carbonyl (C=O) groups is 1. The number of amides is 1. The smallest absolute Gasteiger partial charge is 0.407 e. The largest absolute Gasteiger partial charge is 0.444 e. The van der Waals surface area contributed by atoms with Crippen LogP contribution in [0.15, 0.2) is 29.4 Å². The molecule has 1 heterocycles. The van der Waals surface area contributed by atoms with E-state index in [2.05, 4.69) is 17.2 Å². The predicted octanol–water partition coefficient (Wildman–Crippen LogP) is 5.15. The summed E-state index contributed by atoms with van der Waals surface area (Å²) < 4.78 is 4.99. The molecular formula is C16H28N2O2S2. The van der Waals surface area contributed by atoms with E-state index in [9.17, 15) is 4.79 Å². The molecule has 1 amide bonds. The minimum Gasteiger partial charge on any atom is -0.444 e. The van der Waals surface area contributed by atoms with E-state index in [0.717, 1.165) is 11.4 Å². The van der Waals surface area contributed by atoms with Crippen LogP contribution in [0.1, 0.15) is 47.5 Å². The standard InChI is InChI=1S/C8H17NO2.C8H11NS2/c1-5-6-9-7(10)11-8(2,3)4;1-2-7-10-11-8-5-3-4-6-9-8/h5-6H2,1-4H3,(H,9,10);3-6H,2,7H2,1H3. The van der Waals surface area contributed by atoms with E-state index in [0.29, 0.717) is 6.54 Å². The maximum atomic E-state index is 10.9. The number of aromatic nitrogens is 1. The fourth-order valence-electron chi connectivity index (χ4n) is 1.12. The second-order valence-corrected chi connectivity index (χ2v) is 7.94. The zero-order valence-corrected chi connectivity index (χ0v) is 15.9. The number of carbonyl (C=O) groups excluding carboxylic acids is 1. The number of alkyl carbamates (subject to hydrolysis) is 1. The molecule has 4 nitrogen and oxygen atoms in total. The molecule has 0 saturated carbocycles. The zero-order chi connectivity index (χ0) is 16.8. The van der Waals surface area contributed by atoms with Gasteiger partial charge in [-0.2, -0.15) is 0 Å². The number of rotatable bonds is 6. The third-order valence-electron chi connectivity index (χ3n) is 1.99. The molecular weight excluding hydrogens is 316 g/mol.